The van der Waals surface area contributed by atoms with Crippen LogP contribution in [0, 0.1) is 0 Å². The van der Waals surface area contributed by atoms with Gasteiger partial charge in [-0.15, -0.1) is 0 Å². The maximum Gasteiger partial charge on any atom is 0.314 e. The van der Waals surface area contributed by atoms with Gasteiger partial charge >= 0.3 is 6.03 Å². The first-order valence-corrected chi connectivity index (χ1v) is 2.26. The summed E-state index contributed by atoms with van der Waals surface area (Å²) in [5, 5.41) is 1.68. The van der Waals surface area contributed by atoms with Crippen molar-refractivity contribution in [3.8, 4) is 0 Å². The van der Waals surface area contributed by atoms with Gasteiger partial charge in [-0.05, 0) is 0 Å². The number of hydrogen-bond donors (Lipinski definition) is 3. The Morgan fingerprint density at radius 2 is 2.20 bits per heavy atom. The van der Waals surface area contributed by atoms with Crippen molar-refractivity contribution in [3.63, 3.8) is 0 Å². The van der Waals surface area contributed by atoms with Crippen molar-refractivity contribution >= 4 is 18.6 Å². The average Bonchev–Trinajstić information content (AvgIpc) is 1.87. The van der Waals surface area contributed by atoms with Gasteiger partial charge in [-0.2, -0.15) is 0 Å². The summed E-state index contributed by atoms with van der Waals surface area (Å²) in [5.41, 5.74) is 7.35. The smallest absolute Gasteiger partial charge is 0.314 e. The maximum atomic E-state index is 10.0. The van der Waals surface area contributed by atoms with E-state index in [2.05, 4.69) is 5.73 Å². The molecule has 0 aromatic rings. The minimum absolute atomic E-state index is 0.0325. The van der Waals surface area contributed by atoms with Gasteiger partial charge in [-0.25, -0.2) is 4.79 Å². The Bertz CT molecular complexity index is 159. The highest BCUT2D eigenvalue weighted by Crippen LogP contribution is 1.81. The number of primary amides is 1. The fourth-order valence-electron chi connectivity index (χ4n) is 0.283. The number of carbonyl (C=O) groups is 2. The van der Waals surface area contributed by atoms with E-state index in [1.54, 1.807) is 5.32 Å². The Kier molecular flexibility index (Phi) is 2.51. The van der Waals surface area contributed by atoms with Crippen LogP contribution in [0.5, 0.6) is 0 Å². The number of nitrogens with one attached hydrogen (secondary N) is 1. The molecule has 0 saturated heterocycles. The monoisotopic (exact) mass is 144 g/mol. The van der Waals surface area contributed by atoms with Crippen LogP contribution in [0.1, 0.15) is 0 Å². The lowest BCUT2D eigenvalue weighted by molar-refractivity contribution is -0.110. The third-order valence-corrected chi connectivity index (χ3v) is 0.685. The summed E-state index contributed by atoms with van der Waals surface area (Å²) >= 11 is 0. The number of aldehydes is 1. The topological polar surface area (TPSA) is 115 Å². The van der Waals surface area contributed by atoms with Crippen LogP contribution in [0.15, 0.2) is 0 Å². The maximum absolute atomic E-state index is 10.0. The van der Waals surface area contributed by atoms with E-state index < -0.39 is 11.7 Å². The first-order chi connectivity index (χ1) is 4.54. The molecule has 0 spiro atoms. The Balaban J connectivity index is 4.19. The number of rotatable bonds is 3. The number of nitrogens with two attached hydrogens (primary N) is 2. The molecule has 0 aliphatic rings. The second-order valence-electron chi connectivity index (χ2n) is 1.58. The summed E-state index contributed by atoms with van der Waals surface area (Å²) in [6, 6.07) is -1.06. The lowest BCUT2D eigenvalue weighted by Gasteiger charge is -2.13. The Morgan fingerprint density at radius 3 is 2.30 bits per heavy atom. The van der Waals surface area contributed by atoms with Gasteiger partial charge in [0.05, 0.1) is 0 Å². The lowest BCUT2D eigenvalue weighted by atomic mass is 10.2. The van der Waals surface area contributed by atoms with Crippen LogP contribution < -0.4 is 16.8 Å². The lowest BCUT2D eigenvalue weighted by Crippen LogP contribution is -2.60. The Hall–Kier alpha value is -1.43. The second-order valence-corrected chi connectivity index (χ2v) is 1.58. The van der Waals surface area contributed by atoms with Gasteiger partial charge in [-0.1, -0.05) is 0 Å². The molecule has 1 atom stereocenters. The normalized spacial score (nSPS) is 10.1. The summed E-state index contributed by atoms with van der Waals surface area (Å²) in [6.45, 7) is 0. The first-order valence-electron chi connectivity index (χ1n) is 2.26. The van der Waals surface area contributed by atoms with Crippen molar-refractivity contribution < 1.29 is 14.4 Å². The summed E-state index contributed by atoms with van der Waals surface area (Å²) in [7, 11) is 0. The van der Waals surface area contributed by atoms with Gasteiger partial charge in [-0.3, -0.25) is 15.3 Å². The van der Waals surface area contributed by atoms with Crippen molar-refractivity contribution in [2.24, 2.45) is 11.5 Å². The van der Waals surface area contributed by atoms with Crippen LogP contribution in [-0.4, -0.2) is 24.3 Å². The van der Waals surface area contributed by atoms with E-state index in [-0.39, 0.29) is 6.29 Å². The van der Waals surface area contributed by atoms with Crippen molar-refractivity contribution in [2.45, 2.75) is 5.66 Å². The van der Waals surface area contributed by atoms with Gasteiger partial charge in [0, 0.05) is 0 Å². The standard InChI is InChI=1S/C4H6N3O3/c5-3(10)7-4(6,1-8)2-9/h1H,6H2,(H3,5,7,10). The van der Waals surface area contributed by atoms with Crippen LogP contribution in [0.3, 0.4) is 0 Å². The fourth-order valence-corrected chi connectivity index (χ4v) is 0.283. The van der Waals surface area contributed by atoms with E-state index in [0.29, 0.717) is 0 Å². The molecule has 0 fully saturated rings. The number of urea groups is 1. The van der Waals surface area contributed by atoms with E-state index >= 15 is 0 Å². The predicted molar refractivity (Wildman–Crippen MR) is 31.4 cm³/mol. The molecule has 2 amide bonds. The molecular weight excluding hydrogens is 138 g/mol. The fraction of sp³-hybridized carbons (Fsp3) is 0.250. The van der Waals surface area contributed by atoms with Crippen molar-refractivity contribution in [1.82, 2.24) is 5.32 Å². The molecule has 0 bridgehead atoms. The summed E-state index contributed by atoms with van der Waals surface area (Å²) in [5.74, 6) is 0. The van der Waals surface area contributed by atoms with Crippen LogP contribution in [0.2, 0.25) is 0 Å². The number of hydrogen-bond acceptors (Lipinski definition) is 4. The van der Waals surface area contributed by atoms with Gasteiger partial charge in [0.1, 0.15) is 0 Å². The molecule has 0 aromatic heterocycles. The Labute approximate surface area is 56.5 Å². The molecule has 6 nitrogen and oxygen atoms in total. The molecule has 1 radical (unpaired) electrons. The van der Waals surface area contributed by atoms with Gasteiger partial charge < -0.3 is 11.1 Å². The number of carbonyl (C=O) groups excluding carboxylic acids is 3. The highest BCUT2D eigenvalue weighted by Gasteiger charge is 2.25. The van der Waals surface area contributed by atoms with Gasteiger partial charge in [0.2, 0.25) is 11.9 Å². The summed E-state index contributed by atoms with van der Waals surface area (Å²) < 4.78 is 0. The zero-order valence-corrected chi connectivity index (χ0v) is 4.96. The zero-order valence-electron chi connectivity index (χ0n) is 4.96. The molecule has 0 aliphatic carbocycles. The van der Waals surface area contributed by atoms with Crippen LogP contribution in [0.25, 0.3) is 0 Å². The van der Waals surface area contributed by atoms with Crippen molar-refractivity contribution in [1.29, 1.82) is 0 Å². The summed E-state index contributed by atoms with van der Waals surface area (Å²) in [6.07, 6.45) is 1.14. The van der Waals surface area contributed by atoms with Gasteiger partial charge in [0.25, 0.3) is 0 Å². The van der Waals surface area contributed by atoms with Crippen molar-refractivity contribution in [3.05, 3.63) is 0 Å². The number of amides is 2. The largest absolute Gasteiger partial charge is 0.352 e. The predicted octanol–water partition coefficient (Wildman–Crippen LogP) is -2.38. The molecule has 0 saturated carbocycles. The molecular formula is C4H6N3O3. The molecule has 1 unspecified atom stereocenters. The molecule has 0 rings (SSSR count). The molecule has 55 valence electrons. The van der Waals surface area contributed by atoms with Crippen molar-refractivity contribution in [2.75, 3.05) is 0 Å². The minimum Gasteiger partial charge on any atom is -0.352 e. The van der Waals surface area contributed by atoms with Gasteiger partial charge in [0.15, 0.2) is 6.29 Å². The second kappa shape index (κ2) is 2.92. The Morgan fingerprint density at radius 1 is 1.70 bits per heavy atom. The molecule has 5 N–H and O–H groups in total. The van der Waals surface area contributed by atoms with E-state index in [1.807, 2.05) is 0 Å². The molecule has 0 heterocycles. The zero-order chi connectivity index (χ0) is 8.20. The van der Waals surface area contributed by atoms with E-state index in [1.165, 1.54) is 0 Å². The van der Waals surface area contributed by atoms with Crippen LogP contribution in [-0.2, 0) is 9.59 Å². The minimum atomic E-state index is -2.11. The van der Waals surface area contributed by atoms with E-state index in [0.717, 1.165) is 6.29 Å². The van der Waals surface area contributed by atoms with E-state index in [4.69, 9.17) is 5.73 Å². The quantitative estimate of drug-likeness (QED) is 0.233. The van der Waals surface area contributed by atoms with E-state index in [9.17, 15) is 14.4 Å². The molecule has 10 heavy (non-hydrogen) atoms. The summed E-state index contributed by atoms with van der Waals surface area (Å²) in [4.78, 5) is 29.8. The molecule has 0 aliphatic heterocycles. The molecule has 6 heteroatoms. The average molecular weight is 144 g/mol. The third kappa shape index (κ3) is 2.23. The highest BCUT2D eigenvalue weighted by atomic mass is 16.2. The van der Waals surface area contributed by atoms with Crippen LogP contribution in [0.4, 0.5) is 4.79 Å². The highest BCUT2D eigenvalue weighted by molar-refractivity contribution is 5.93. The first kappa shape index (κ1) is 8.57. The molecule has 0 aromatic carbocycles. The van der Waals surface area contributed by atoms with Crippen LogP contribution >= 0.6 is 0 Å². The third-order valence-electron chi connectivity index (χ3n) is 0.685. The SMILES string of the molecule is NC(=O)NC(N)([C]=O)C=O.